The van der Waals surface area contributed by atoms with Gasteiger partial charge in [0.15, 0.2) is 0 Å². The molecule has 0 saturated heterocycles. The van der Waals surface area contributed by atoms with Gasteiger partial charge in [0.1, 0.15) is 11.6 Å². The lowest BCUT2D eigenvalue weighted by Crippen LogP contribution is -2.44. The van der Waals surface area contributed by atoms with Gasteiger partial charge in [-0.25, -0.2) is 8.78 Å². The van der Waals surface area contributed by atoms with Crippen molar-refractivity contribution in [3.8, 4) is 11.1 Å². The maximum Gasteiger partial charge on any atom is 0.233 e. The van der Waals surface area contributed by atoms with Crippen LogP contribution in [0.1, 0.15) is 63.8 Å². The Morgan fingerprint density at radius 1 is 0.701 bits per heavy atom. The highest BCUT2D eigenvalue weighted by Gasteiger charge is 2.37. The smallest absolute Gasteiger partial charge is 0.233 e. The maximum absolute atomic E-state index is 15.1. The van der Waals surface area contributed by atoms with Crippen molar-refractivity contribution in [3.05, 3.63) is 83.7 Å². The molecule has 0 aliphatic heterocycles. The summed E-state index contributed by atoms with van der Waals surface area (Å²) in [6.07, 6.45) is 3.21. The molecule has 3 rings (SSSR count). The summed E-state index contributed by atoms with van der Waals surface area (Å²) in [6, 6.07) is 14.7. The first-order chi connectivity index (χ1) is 32.3. The number of hydrogen-bond donors (Lipinski definition) is 5. The molecule has 19 heteroatoms. The third-order valence-corrected chi connectivity index (χ3v) is 12.0. The second-order valence-corrected chi connectivity index (χ2v) is 18.9. The van der Waals surface area contributed by atoms with Gasteiger partial charge in [-0.15, -0.1) is 0 Å². The molecule has 7 N–H and O–H groups in total. The molecule has 374 valence electrons. The summed E-state index contributed by atoms with van der Waals surface area (Å²) in [5, 5.41) is 8.37. The Balaban J connectivity index is 1.29. The van der Waals surface area contributed by atoms with E-state index in [0.29, 0.717) is 122 Å². The summed E-state index contributed by atoms with van der Waals surface area (Å²) in [5.74, 6) is 0.705. The van der Waals surface area contributed by atoms with E-state index in [-0.39, 0.29) is 54.4 Å². The van der Waals surface area contributed by atoms with Gasteiger partial charge in [0, 0.05) is 98.8 Å². The van der Waals surface area contributed by atoms with Crippen LogP contribution in [0.25, 0.3) is 11.1 Å². The van der Waals surface area contributed by atoms with Crippen LogP contribution in [0.2, 0.25) is 0 Å². The van der Waals surface area contributed by atoms with Crippen LogP contribution in [0.5, 0.6) is 0 Å². The molecule has 0 radical (unpaired) electrons. The van der Waals surface area contributed by atoms with Crippen molar-refractivity contribution < 1.29 is 46.9 Å². The quantitative estimate of drug-likeness (QED) is 0.0502. The molecule has 0 aliphatic rings. The minimum Gasteiger partial charge on any atom is -0.379 e. The molecule has 0 spiro atoms. The maximum atomic E-state index is 15.1. The number of nitrogens with zero attached hydrogens (tertiary/aromatic N) is 2. The standard InChI is InChI=1S/C48H73F2N7O8S2/c1-48(2,3)47(42-32-38(40-33-39(49)10-11-41(40)50)35-56(42)34-37-8-5-4-6-9-37)57(20-7-15-51)46(61)36-67-31-19-55-44(59)13-21-62-23-25-64-27-28-65-26-24-63-22-18-54-43(58)12-17-53-45(60)14-29-66-30-16-52/h4-6,8-11,32-33,35,47H,7,12-31,34,36,51-52H2,1-3H3,(H,53,60)(H,54,58)(H,55,59)/t47-/m0/s1. The fourth-order valence-electron chi connectivity index (χ4n) is 6.90. The SMILES string of the molecule is CC(C)(C)[C@H](c1cc(-c2cc(F)ccc2F)cn1Cc1ccccc1)N(CCCN)C(=O)CSCCNC(=O)CCOCCOCCOCCOCCNC(=O)CCNC(=O)CCSCCN. The van der Waals surface area contributed by atoms with Gasteiger partial charge in [-0.2, -0.15) is 23.5 Å². The number of hydrogen-bond acceptors (Lipinski definition) is 12. The molecule has 0 unspecified atom stereocenters. The Labute approximate surface area is 403 Å². The molecule has 1 heterocycles. The van der Waals surface area contributed by atoms with Crippen molar-refractivity contribution in [2.75, 3.05) is 115 Å². The van der Waals surface area contributed by atoms with Crippen LogP contribution in [-0.4, -0.2) is 148 Å². The van der Waals surface area contributed by atoms with Crippen LogP contribution in [0.15, 0.2) is 60.8 Å². The van der Waals surface area contributed by atoms with Crippen LogP contribution < -0.4 is 27.4 Å². The van der Waals surface area contributed by atoms with Crippen LogP contribution in [0, 0.1) is 17.0 Å². The largest absolute Gasteiger partial charge is 0.379 e. The number of carbonyl (C=O) groups excluding carboxylic acids is 4. The number of nitrogens with two attached hydrogens (primary N) is 2. The third-order valence-electron chi connectivity index (χ3n) is 10.1. The van der Waals surface area contributed by atoms with Crippen LogP contribution in [0.4, 0.5) is 8.78 Å². The van der Waals surface area contributed by atoms with Gasteiger partial charge < -0.3 is 55.8 Å². The summed E-state index contributed by atoms with van der Waals surface area (Å²) >= 11 is 3.06. The number of aromatic nitrogens is 1. The number of amides is 4. The average molecular weight is 978 g/mol. The molecule has 0 aliphatic carbocycles. The van der Waals surface area contributed by atoms with Crippen molar-refractivity contribution >= 4 is 47.2 Å². The molecule has 1 atom stereocenters. The molecular weight excluding hydrogens is 905 g/mol. The van der Waals surface area contributed by atoms with Crippen LogP contribution in [0.3, 0.4) is 0 Å². The predicted molar refractivity (Wildman–Crippen MR) is 263 cm³/mol. The van der Waals surface area contributed by atoms with Gasteiger partial charge in [0.25, 0.3) is 0 Å². The Kier molecular flexibility index (Phi) is 28.6. The van der Waals surface area contributed by atoms with E-state index in [2.05, 4.69) is 36.7 Å². The Morgan fingerprint density at radius 3 is 2.00 bits per heavy atom. The third kappa shape index (κ3) is 23.7. The lowest BCUT2D eigenvalue weighted by atomic mass is 9.83. The lowest BCUT2D eigenvalue weighted by Gasteiger charge is -2.41. The topological polar surface area (TPSA) is 202 Å². The molecule has 0 bridgehead atoms. The number of nitrogens with one attached hydrogen (secondary N) is 3. The minimum absolute atomic E-state index is 0.0745. The number of ether oxygens (including phenoxy) is 4. The minimum atomic E-state index is -0.539. The van der Waals surface area contributed by atoms with E-state index in [1.165, 1.54) is 17.8 Å². The molecule has 2 aromatic carbocycles. The van der Waals surface area contributed by atoms with E-state index in [4.69, 9.17) is 30.4 Å². The van der Waals surface area contributed by atoms with E-state index < -0.39 is 23.1 Å². The second-order valence-electron chi connectivity index (χ2n) is 16.6. The highest BCUT2D eigenvalue weighted by atomic mass is 32.2. The zero-order valence-corrected chi connectivity index (χ0v) is 41.1. The second kappa shape index (κ2) is 33.4. The summed E-state index contributed by atoms with van der Waals surface area (Å²) in [5.41, 5.74) is 13.4. The van der Waals surface area contributed by atoms with Gasteiger partial charge in [0.2, 0.25) is 23.6 Å². The number of rotatable bonds is 36. The normalized spacial score (nSPS) is 11.9. The highest BCUT2D eigenvalue weighted by Crippen LogP contribution is 2.41. The van der Waals surface area contributed by atoms with E-state index in [9.17, 15) is 23.6 Å². The fourth-order valence-corrected chi connectivity index (χ4v) is 8.33. The molecule has 0 saturated carbocycles. The Bertz CT molecular complexity index is 1890. The fraction of sp³-hybridized carbons (Fsp3) is 0.583. The van der Waals surface area contributed by atoms with Gasteiger partial charge in [-0.05, 0) is 48.2 Å². The summed E-state index contributed by atoms with van der Waals surface area (Å²) in [6.45, 7) is 11.9. The number of thioether (sulfide) groups is 2. The number of benzene rings is 2. The van der Waals surface area contributed by atoms with Crippen LogP contribution >= 0.6 is 23.5 Å². The van der Waals surface area contributed by atoms with Crippen molar-refractivity contribution in [2.45, 2.75) is 59.0 Å². The summed E-state index contributed by atoms with van der Waals surface area (Å²) < 4.78 is 53.5. The first-order valence-electron chi connectivity index (χ1n) is 23.0. The van der Waals surface area contributed by atoms with E-state index >= 15 is 4.39 Å². The first kappa shape index (κ1) is 57.2. The predicted octanol–water partition coefficient (Wildman–Crippen LogP) is 4.76. The van der Waals surface area contributed by atoms with Crippen LogP contribution in [-0.2, 0) is 44.7 Å². The first-order valence-corrected chi connectivity index (χ1v) is 25.3. The zero-order chi connectivity index (χ0) is 48.7. The summed E-state index contributed by atoms with van der Waals surface area (Å²) in [7, 11) is 0. The van der Waals surface area contributed by atoms with Gasteiger partial charge in [-0.3, -0.25) is 19.2 Å². The molecule has 0 fully saturated rings. The van der Waals surface area contributed by atoms with Gasteiger partial charge in [0.05, 0.1) is 64.6 Å². The number of halogens is 2. The van der Waals surface area contributed by atoms with E-state index in [1.54, 1.807) is 11.8 Å². The molecule has 15 nitrogen and oxygen atoms in total. The van der Waals surface area contributed by atoms with Gasteiger partial charge >= 0.3 is 0 Å². The average Bonchev–Trinajstić information content (AvgIpc) is 3.70. The number of carbonyl (C=O) groups is 4. The highest BCUT2D eigenvalue weighted by molar-refractivity contribution is 8.00. The van der Waals surface area contributed by atoms with Crippen molar-refractivity contribution in [1.29, 1.82) is 0 Å². The monoisotopic (exact) mass is 977 g/mol. The molecule has 67 heavy (non-hydrogen) atoms. The molecular formula is C48H73F2N7O8S2. The Hall–Kier alpha value is -4.08. The van der Waals surface area contributed by atoms with Crippen molar-refractivity contribution in [3.63, 3.8) is 0 Å². The molecule has 1 aromatic heterocycles. The Morgan fingerprint density at radius 2 is 1.33 bits per heavy atom. The zero-order valence-electron chi connectivity index (χ0n) is 39.5. The molecule has 4 amide bonds. The van der Waals surface area contributed by atoms with E-state index in [1.807, 2.05) is 52.1 Å². The van der Waals surface area contributed by atoms with Crippen molar-refractivity contribution in [2.24, 2.45) is 16.9 Å². The molecule has 3 aromatic rings. The lowest BCUT2D eigenvalue weighted by molar-refractivity contribution is -0.133. The van der Waals surface area contributed by atoms with Crippen molar-refractivity contribution in [1.82, 2.24) is 25.4 Å². The summed E-state index contributed by atoms with van der Waals surface area (Å²) in [4.78, 5) is 52.0. The van der Waals surface area contributed by atoms with E-state index in [0.717, 1.165) is 29.1 Å². The van der Waals surface area contributed by atoms with Gasteiger partial charge in [-0.1, -0.05) is 51.1 Å².